The second-order valence-corrected chi connectivity index (χ2v) is 12.3. The average Bonchev–Trinajstić information content (AvgIpc) is 3.21. The third-order valence-corrected chi connectivity index (χ3v) is 9.05. The van der Waals surface area contributed by atoms with Gasteiger partial charge in [-0.3, -0.25) is 0 Å². The van der Waals surface area contributed by atoms with Crippen LogP contribution < -0.4 is 5.32 Å². The Labute approximate surface area is 290 Å². The lowest BCUT2D eigenvalue weighted by atomic mass is 9.95. The maximum atomic E-state index is 5.00. The number of nitrogens with zero attached hydrogens (tertiary/aromatic N) is 5. The predicted octanol–water partition coefficient (Wildman–Crippen LogP) is 10.3. The molecular weight excluding hydrogens is 613 g/mol. The van der Waals surface area contributed by atoms with E-state index in [-0.39, 0.29) is 6.04 Å². The molecule has 0 radical (unpaired) electrons. The number of fused-ring (bicyclic) bond motifs is 2. The lowest BCUT2D eigenvalue weighted by Gasteiger charge is -2.24. The van der Waals surface area contributed by atoms with Crippen molar-refractivity contribution in [1.82, 2.24) is 24.9 Å². The zero-order valence-electron chi connectivity index (χ0n) is 27.0. The molecule has 6 nitrogen and oxygen atoms in total. The molecule has 0 amide bonds. The fraction of sp³-hybridized carbons (Fsp3) is 0.0227. The highest BCUT2D eigenvalue weighted by atomic mass is 14.9. The van der Waals surface area contributed by atoms with Gasteiger partial charge in [0.05, 0.1) is 22.9 Å². The van der Waals surface area contributed by atoms with Gasteiger partial charge in [0.25, 0.3) is 0 Å². The van der Waals surface area contributed by atoms with Crippen LogP contribution in [-0.2, 0) is 0 Å². The van der Waals surface area contributed by atoms with E-state index in [0.717, 1.165) is 67.1 Å². The normalized spacial score (nSPS) is 13.5. The maximum Gasteiger partial charge on any atom is 0.178 e. The van der Waals surface area contributed by atoms with Crippen LogP contribution in [0.2, 0.25) is 0 Å². The molecule has 1 N–H and O–H groups in total. The molecule has 5 aromatic carbocycles. The topological polar surface area (TPSA) is 76.5 Å². The minimum atomic E-state index is 0.0312. The fourth-order valence-corrected chi connectivity index (χ4v) is 6.40. The summed E-state index contributed by atoms with van der Waals surface area (Å²) in [7, 11) is 0. The average molecular weight is 643 g/mol. The first-order valence-corrected chi connectivity index (χ1v) is 16.6. The molecule has 1 aliphatic rings. The van der Waals surface area contributed by atoms with Crippen LogP contribution in [0.5, 0.6) is 0 Å². The second kappa shape index (κ2) is 12.7. The minimum Gasteiger partial charge on any atom is -0.374 e. The van der Waals surface area contributed by atoms with Gasteiger partial charge in [-0.2, -0.15) is 0 Å². The van der Waals surface area contributed by atoms with E-state index in [9.17, 15) is 0 Å². The predicted molar refractivity (Wildman–Crippen MR) is 202 cm³/mol. The molecular formula is C44H30N6. The zero-order chi connectivity index (χ0) is 33.3. The lowest BCUT2D eigenvalue weighted by Crippen LogP contribution is -2.12. The van der Waals surface area contributed by atoms with Gasteiger partial charge in [-0.1, -0.05) is 127 Å². The first kappa shape index (κ1) is 29.4. The molecule has 0 saturated carbocycles. The number of rotatable bonds is 6. The molecule has 6 heteroatoms. The van der Waals surface area contributed by atoms with E-state index in [1.54, 1.807) is 12.4 Å². The van der Waals surface area contributed by atoms with Crippen molar-refractivity contribution in [2.45, 2.75) is 6.04 Å². The maximum absolute atomic E-state index is 5.00. The molecule has 0 spiro atoms. The number of nitrogens with one attached hydrogen (secondary N) is 1. The standard InChI is InChI=1S/C44H30N6/c1-3-8-29(9-4-1)41-28-42(50-43(49-41)34-10-5-2-6-11-34)31-14-12-30(13-15-31)37-22-20-32-16-18-35(26-39(32)47-37)36-19-17-33-21-23-38(48-40(33)27-36)44-45-24-7-25-46-44/h1-28,37,47H. The summed E-state index contributed by atoms with van der Waals surface area (Å²) in [4.78, 5) is 23.6. The van der Waals surface area contributed by atoms with Crippen LogP contribution in [0, 0.1) is 0 Å². The van der Waals surface area contributed by atoms with Crippen molar-refractivity contribution >= 4 is 22.7 Å². The quantitative estimate of drug-likeness (QED) is 0.195. The largest absolute Gasteiger partial charge is 0.374 e. The van der Waals surface area contributed by atoms with Gasteiger partial charge >= 0.3 is 0 Å². The Bertz CT molecular complexity index is 2440. The number of hydrogen-bond acceptors (Lipinski definition) is 6. The summed E-state index contributed by atoms with van der Waals surface area (Å²) in [5, 5.41) is 4.84. The van der Waals surface area contributed by atoms with Crippen molar-refractivity contribution in [3.63, 3.8) is 0 Å². The van der Waals surface area contributed by atoms with Crippen molar-refractivity contribution in [3.05, 3.63) is 175 Å². The van der Waals surface area contributed by atoms with Crippen molar-refractivity contribution in [2.75, 3.05) is 5.32 Å². The molecule has 0 bridgehead atoms. The van der Waals surface area contributed by atoms with Crippen LogP contribution in [0.15, 0.2) is 164 Å². The fourth-order valence-electron chi connectivity index (χ4n) is 6.40. The summed E-state index contributed by atoms with van der Waals surface area (Å²) in [5.74, 6) is 1.33. The summed E-state index contributed by atoms with van der Waals surface area (Å²) in [6, 6.07) is 50.0. The van der Waals surface area contributed by atoms with Crippen LogP contribution in [-0.4, -0.2) is 24.9 Å². The Morgan fingerprint density at radius 2 is 1.10 bits per heavy atom. The Morgan fingerprint density at radius 3 is 1.86 bits per heavy atom. The van der Waals surface area contributed by atoms with E-state index < -0.39 is 0 Å². The molecule has 3 aromatic heterocycles. The molecule has 50 heavy (non-hydrogen) atoms. The number of hydrogen-bond donors (Lipinski definition) is 1. The third-order valence-electron chi connectivity index (χ3n) is 9.05. The molecule has 4 heterocycles. The first-order chi connectivity index (χ1) is 24.7. The molecule has 0 aliphatic carbocycles. The van der Waals surface area contributed by atoms with E-state index in [2.05, 4.69) is 124 Å². The van der Waals surface area contributed by atoms with Crippen molar-refractivity contribution < 1.29 is 0 Å². The second-order valence-electron chi connectivity index (χ2n) is 12.3. The van der Waals surface area contributed by atoms with Gasteiger partial charge in [-0.15, -0.1) is 0 Å². The lowest BCUT2D eigenvalue weighted by molar-refractivity contribution is 0.979. The highest BCUT2D eigenvalue weighted by Crippen LogP contribution is 2.35. The van der Waals surface area contributed by atoms with Gasteiger partial charge in [-0.25, -0.2) is 24.9 Å². The van der Waals surface area contributed by atoms with Crippen molar-refractivity contribution in [1.29, 1.82) is 0 Å². The molecule has 1 atom stereocenters. The van der Waals surface area contributed by atoms with Crippen LogP contribution in [0.4, 0.5) is 5.69 Å². The van der Waals surface area contributed by atoms with Crippen LogP contribution in [0.3, 0.4) is 0 Å². The van der Waals surface area contributed by atoms with Crippen LogP contribution in [0.25, 0.3) is 73.5 Å². The number of pyridine rings is 1. The van der Waals surface area contributed by atoms with Gasteiger partial charge in [0.2, 0.25) is 0 Å². The molecule has 1 aliphatic heterocycles. The van der Waals surface area contributed by atoms with E-state index in [1.807, 2.05) is 48.5 Å². The number of aromatic nitrogens is 5. The summed E-state index contributed by atoms with van der Waals surface area (Å²) in [6.45, 7) is 0. The number of anilines is 1. The van der Waals surface area contributed by atoms with Gasteiger partial charge in [0, 0.05) is 40.2 Å². The van der Waals surface area contributed by atoms with Crippen LogP contribution in [0.1, 0.15) is 17.2 Å². The minimum absolute atomic E-state index is 0.0312. The summed E-state index contributed by atoms with van der Waals surface area (Å²) < 4.78 is 0. The smallest absolute Gasteiger partial charge is 0.178 e. The Hall–Kier alpha value is -6.79. The van der Waals surface area contributed by atoms with Gasteiger partial charge in [0.1, 0.15) is 5.69 Å². The van der Waals surface area contributed by atoms with E-state index >= 15 is 0 Å². The highest BCUT2D eigenvalue weighted by molar-refractivity contribution is 5.87. The third kappa shape index (κ3) is 5.80. The summed E-state index contributed by atoms with van der Waals surface area (Å²) >= 11 is 0. The molecule has 8 aromatic rings. The molecule has 1 unspecified atom stereocenters. The van der Waals surface area contributed by atoms with Crippen LogP contribution >= 0.6 is 0 Å². The summed E-state index contributed by atoms with van der Waals surface area (Å²) in [5.41, 5.74) is 12.2. The SMILES string of the molecule is C1=CC(c2ccc(-c3cc(-c4ccccc4)nc(-c4ccccc4)n3)cc2)Nc2cc(-c3ccc4ccc(-c5ncccn5)nc4c3)ccc21. The van der Waals surface area contributed by atoms with Gasteiger partial charge in [-0.05, 0) is 52.6 Å². The van der Waals surface area contributed by atoms with Gasteiger partial charge in [0.15, 0.2) is 11.6 Å². The van der Waals surface area contributed by atoms with E-state index in [1.165, 1.54) is 5.56 Å². The Morgan fingerprint density at radius 1 is 0.460 bits per heavy atom. The molecule has 236 valence electrons. The van der Waals surface area contributed by atoms with Crippen molar-refractivity contribution in [2.24, 2.45) is 0 Å². The Kier molecular flexibility index (Phi) is 7.44. The first-order valence-electron chi connectivity index (χ1n) is 16.6. The molecule has 9 rings (SSSR count). The number of benzene rings is 5. The monoisotopic (exact) mass is 642 g/mol. The summed E-state index contributed by atoms with van der Waals surface area (Å²) in [6.07, 6.45) is 7.89. The van der Waals surface area contributed by atoms with Gasteiger partial charge < -0.3 is 5.32 Å². The Balaban J connectivity index is 0.991. The van der Waals surface area contributed by atoms with E-state index in [0.29, 0.717) is 11.6 Å². The molecule has 0 saturated heterocycles. The zero-order valence-corrected chi connectivity index (χ0v) is 27.0. The van der Waals surface area contributed by atoms with E-state index in [4.69, 9.17) is 15.0 Å². The molecule has 0 fully saturated rings. The van der Waals surface area contributed by atoms with Crippen molar-refractivity contribution in [3.8, 4) is 56.5 Å². The highest BCUT2D eigenvalue weighted by Gasteiger charge is 2.17.